The molecule has 0 amide bonds. The van der Waals surface area contributed by atoms with E-state index in [1.54, 1.807) is 0 Å². The van der Waals surface area contributed by atoms with Crippen LogP contribution in [0, 0.1) is 0 Å². The molecule has 0 atom stereocenters. The van der Waals surface area contributed by atoms with Gasteiger partial charge in [-0.3, -0.25) is 0 Å². The van der Waals surface area contributed by atoms with E-state index in [9.17, 15) is 0 Å². The lowest BCUT2D eigenvalue weighted by molar-refractivity contribution is 0.989. The summed E-state index contributed by atoms with van der Waals surface area (Å²) in [5, 5.41) is 1.39. The number of aromatic nitrogens is 1. The summed E-state index contributed by atoms with van der Waals surface area (Å²) in [5.74, 6) is 0. The molecule has 1 heteroatoms. The molecule has 0 radical (unpaired) electrons. The minimum Gasteiger partial charge on any atom is -0.360 e. The Balaban J connectivity index is 2.34. The van der Waals surface area contributed by atoms with Crippen molar-refractivity contribution < 1.29 is 0 Å². The van der Waals surface area contributed by atoms with Crippen molar-refractivity contribution in [3.8, 4) is 0 Å². The third-order valence-corrected chi connectivity index (χ3v) is 3.32. The van der Waals surface area contributed by atoms with Gasteiger partial charge in [0, 0.05) is 17.1 Å². The summed E-state index contributed by atoms with van der Waals surface area (Å²) < 4.78 is 0. The van der Waals surface area contributed by atoms with E-state index in [1.807, 2.05) is 0 Å². The van der Waals surface area contributed by atoms with Crippen molar-refractivity contribution in [3.05, 3.63) is 41.1 Å². The van der Waals surface area contributed by atoms with Gasteiger partial charge in [0.2, 0.25) is 0 Å². The number of rotatable bonds is 1. The first kappa shape index (κ1) is 8.78. The van der Waals surface area contributed by atoms with Crippen LogP contribution in [0.3, 0.4) is 0 Å². The largest absolute Gasteiger partial charge is 0.360 e. The van der Waals surface area contributed by atoms with Crippen LogP contribution < -0.4 is 0 Å². The lowest BCUT2D eigenvalue weighted by Crippen LogP contribution is -1.94. The molecule has 76 valence electrons. The van der Waals surface area contributed by atoms with Gasteiger partial charge in [0.1, 0.15) is 0 Å². The van der Waals surface area contributed by atoms with E-state index in [2.05, 4.69) is 42.4 Å². The van der Waals surface area contributed by atoms with Gasteiger partial charge >= 0.3 is 0 Å². The fourth-order valence-electron chi connectivity index (χ4n) is 2.46. The predicted molar refractivity (Wildman–Crippen MR) is 65.0 cm³/mol. The Bertz CT molecular complexity index is 532. The molecule has 1 aromatic carbocycles. The summed E-state index contributed by atoms with van der Waals surface area (Å²) in [7, 11) is 0. The highest BCUT2D eigenvalue weighted by molar-refractivity contribution is 5.92. The van der Waals surface area contributed by atoms with Gasteiger partial charge in [0.15, 0.2) is 0 Å². The topological polar surface area (TPSA) is 15.8 Å². The van der Waals surface area contributed by atoms with E-state index in [0.717, 1.165) is 6.42 Å². The summed E-state index contributed by atoms with van der Waals surface area (Å²) in [6.45, 7) is 2.21. The lowest BCUT2D eigenvalue weighted by atomic mass is 9.94. The molecule has 0 fully saturated rings. The molecular weight excluding hydrogens is 182 g/mol. The maximum absolute atomic E-state index is 3.42. The maximum atomic E-state index is 3.42. The van der Waals surface area contributed by atoms with Crippen LogP contribution in [0.4, 0.5) is 0 Å². The zero-order valence-corrected chi connectivity index (χ0v) is 9.01. The minimum absolute atomic E-state index is 1.10. The molecule has 0 bridgehead atoms. The summed E-state index contributed by atoms with van der Waals surface area (Å²) in [6.07, 6.45) is 10.1. The van der Waals surface area contributed by atoms with Crippen LogP contribution in [0.5, 0.6) is 0 Å². The van der Waals surface area contributed by atoms with Crippen LogP contribution in [0.1, 0.15) is 30.0 Å². The van der Waals surface area contributed by atoms with Crippen molar-refractivity contribution in [2.45, 2.75) is 26.2 Å². The van der Waals surface area contributed by atoms with Gasteiger partial charge in [-0.1, -0.05) is 31.2 Å². The number of allylic oxidation sites excluding steroid dienone is 1. The molecule has 15 heavy (non-hydrogen) atoms. The van der Waals surface area contributed by atoms with Crippen molar-refractivity contribution >= 4 is 17.0 Å². The minimum atomic E-state index is 1.10. The standard InChI is InChI=1S/C14H15N/c1-2-10-9-15-14-12-6-4-3-5-11(12)7-8-13(10)14/h4,6-9,15H,2-3,5H2,1H3. The van der Waals surface area contributed by atoms with E-state index in [1.165, 1.54) is 40.4 Å². The highest BCUT2D eigenvalue weighted by atomic mass is 14.7. The molecule has 1 aliphatic carbocycles. The number of aryl methyl sites for hydroxylation is 2. The average molecular weight is 197 g/mol. The van der Waals surface area contributed by atoms with Crippen molar-refractivity contribution in [1.82, 2.24) is 4.98 Å². The fourth-order valence-corrected chi connectivity index (χ4v) is 2.46. The molecule has 0 spiro atoms. The fraction of sp³-hybridized carbons (Fsp3) is 0.286. The summed E-state index contributed by atoms with van der Waals surface area (Å²) in [4.78, 5) is 3.42. The van der Waals surface area contributed by atoms with Gasteiger partial charge in [-0.25, -0.2) is 0 Å². The van der Waals surface area contributed by atoms with Crippen molar-refractivity contribution in [2.24, 2.45) is 0 Å². The van der Waals surface area contributed by atoms with Crippen LogP contribution >= 0.6 is 0 Å². The Morgan fingerprint density at radius 1 is 1.33 bits per heavy atom. The smallest absolute Gasteiger partial charge is 0.0533 e. The molecule has 0 unspecified atom stereocenters. The Kier molecular flexibility index (Phi) is 1.91. The van der Waals surface area contributed by atoms with E-state index in [0.29, 0.717) is 0 Å². The second kappa shape index (κ2) is 3.27. The Morgan fingerprint density at radius 2 is 2.27 bits per heavy atom. The van der Waals surface area contributed by atoms with Crippen LogP contribution in [0.15, 0.2) is 24.4 Å². The molecule has 3 rings (SSSR count). The first-order valence-electron chi connectivity index (χ1n) is 5.68. The summed E-state index contributed by atoms with van der Waals surface area (Å²) >= 11 is 0. The van der Waals surface area contributed by atoms with Crippen molar-refractivity contribution in [1.29, 1.82) is 0 Å². The Hall–Kier alpha value is -1.50. The van der Waals surface area contributed by atoms with Gasteiger partial charge in [-0.15, -0.1) is 0 Å². The predicted octanol–water partition coefficient (Wildman–Crippen LogP) is 3.69. The van der Waals surface area contributed by atoms with Gasteiger partial charge in [0.05, 0.1) is 5.52 Å². The number of nitrogens with one attached hydrogen (secondary N) is 1. The number of hydrogen-bond donors (Lipinski definition) is 1. The van der Waals surface area contributed by atoms with E-state index in [4.69, 9.17) is 0 Å². The number of hydrogen-bond acceptors (Lipinski definition) is 0. The second-order valence-electron chi connectivity index (χ2n) is 4.17. The molecule has 0 saturated carbocycles. The van der Waals surface area contributed by atoms with Crippen LogP contribution in [-0.4, -0.2) is 4.98 Å². The first-order valence-corrected chi connectivity index (χ1v) is 5.68. The quantitative estimate of drug-likeness (QED) is 0.717. The zero-order chi connectivity index (χ0) is 10.3. The van der Waals surface area contributed by atoms with E-state index in [-0.39, 0.29) is 0 Å². The molecule has 0 saturated heterocycles. The molecular formula is C14H15N. The molecule has 1 heterocycles. The van der Waals surface area contributed by atoms with Gasteiger partial charge in [-0.2, -0.15) is 0 Å². The Labute approximate surface area is 89.8 Å². The Morgan fingerprint density at radius 3 is 3.13 bits per heavy atom. The average Bonchev–Trinajstić information content (AvgIpc) is 2.72. The number of H-pyrrole nitrogens is 1. The highest BCUT2D eigenvalue weighted by Gasteiger charge is 2.10. The lowest BCUT2D eigenvalue weighted by Gasteiger charge is -2.11. The first-order chi connectivity index (χ1) is 7.40. The molecule has 1 aliphatic rings. The van der Waals surface area contributed by atoms with Gasteiger partial charge in [0.25, 0.3) is 0 Å². The van der Waals surface area contributed by atoms with Crippen molar-refractivity contribution in [2.75, 3.05) is 0 Å². The normalized spacial score (nSPS) is 14.5. The van der Waals surface area contributed by atoms with Crippen LogP contribution in [0.2, 0.25) is 0 Å². The zero-order valence-electron chi connectivity index (χ0n) is 9.01. The molecule has 2 aromatic rings. The maximum Gasteiger partial charge on any atom is 0.0533 e. The molecule has 1 N–H and O–H groups in total. The van der Waals surface area contributed by atoms with Gasteiger partial charge < -0.3 is 4.98 Å². The summed E-state index contributed by atoms with van der Waals surface area (Å²) in [5.41, 5.74) is 5.63. The number of fused-ring (bicyclic) bond motifs is 3. The number of aromatic amines is 1. The van der Waals surface area contributed by atoms with Crippen LogP contribution in [0.25, 0.3) is 17.0 Å². The van der Waals surface area contributed by atoms with Crippen molar-refractivity contribution in [3.63, 3.8) is 0 Å². The molecule has 1 nitrogen and oxygen atoms in total. The van der Waals surface area contributed by atoms with Crippen LogP contribution in [-0.2, 0) is 12.8 Å². The third kappa shape index (κ3) is 1.23. The second-order valence-corrected chi connectivity index (χ2v) is 4.17. The summed E-state index contributed by atoms with van der Waals surface area (Å²) in [6, 6.07) is 4.55. The third-order valence-electron chi connectivity index (χ3n) is 3.32. The molecule has 1 aromatic heterocycles. The monoisotopic (exact) mass is 197 g/mol. The number of benzene rings is 1. The molecule has 0 aliphatic heterocycles. The highest BCUT2D eigenvalue weighted by Crippen LogP contribution is 2.29. The van der Waals surface area contributed by atoms with E-state index >= 15 is 0 Å². The SMILES string of the molecule is CCc1c[nH]c2c3c(ccc12)CCC=C3. The van der Waals surface area contributed by atoms with Gasteiger partial charge in [-0.05, 0) is 30.4 Å². The van der Waals surface area contributed by atoms with E-state index < -0.39 is 0 Å².